The number of guanidine groups is 1. The standard InChI is InChI=1S/C22H34N4O2.HI/c1-23-20(25-16-22(11-7-8-12-22)19(27)26(2)3)24-15-21(13-14-21)17-9-5-6-10-18(17)28-4;/h5-6,9-10H,7-8,11-16H2,1-4H3,(H2,23,24,25);1H. The molecule has 3 rings (SSSR count). The normalized spacial score (nSPS) is 19.1. The summed E-state index contributed by atoms with van der Waals surface area (Å²) in [4.78, 5) is 18.9. The predicted octanol–water partition coefficient (Wildman–Crippen LogP) is 3.16. The van der Waals surface area contributed by atoms with Gasteiger partial charge in [-0.25, -0.2) is 0 Å². The molecule has 0 spiro atoms. The first-order valence-electron chi connectivity index (χ1n) is 10.3. The van der Waals surface area contributed by atoms with Gasteiger partial charge >= 0.3 is 0 Å². The van der Waals surface area contributed by atoms with Gasteiger partial charge in [-0.1, -0.05) is 31.0 Å². The third-order valence-corrected chi connectivity index (χ3v) is 6.36. The molecule has 0 unspecified atom stereocenters. The van der Waals surface area contributed by atoms with Gasteiger partial charge in [0.1, 0.15) is 5.75 Å². The van der Waals surface area contributed by atoms with Crippen molar-refractivity contribution < 1.29 is 9.53 Å². The number of nitrogens with one attached hydrogen (secondary N) is 2. The lowest BCUT2D eigenvalue weighted by Gasteiger charge is -2.31. The lowest BCUT2D eigenvalue weighted by molar-refractivity contribution is -0.138. The van der Waals surface area contributed by atoms with Crippen molar-refractivity contribution in [3.8, 4) is 5.75 Å². The molecule has 0 atom stereocenters. The Morgan fingerprint density at radius 3 is 2.28 bits per heavy atom. The summed E-state index contributed by atoms with van der Waals surface area (Å²) in [5.74, 6) is 1.94. The maximum atomic E-state index is 12.8. The van der Waals surface area contributed by atoms with Gasteiger partial charge in [0.2, 0.25) is 5.91 Å². The number of methoxy groups -OCH3 is 1. The summed E-state index contributed by atoms with van der Waals surface area (Å²) in [6, 6.07) is 8.27. The molecule has 1 amide bonds. The minimum atomic E-state index is -0.305. The molecule has 6 nitrogen and oxygen atoms in total. The Morgan fingerprint density at radius 2 is 1.72 bits per heavy atom. The molecule has 2 aliphatic carbocycles. The van der Waals surface area contributed by atoms with Crippen LogP contribution >= 0.6 is 24.0 Å². The van der Waals surface area contributed by atoms with Crippen molar-refractivity contribution in [1.82, 2.24) is 15.5 Å². The van der Waals surface area contributed by atoms with Crippen LogP contribution in [0.3, 0.4) is 0 Å². The quantitative estimate of drug-likeness (QED) is 0.334. The lowest BCUT2D eigenvalue weighted by atomic mass is 9.84. The van der Waals surface area contributed by atoms with Crippen LogP contribution in [0.2, 0.25) is 0 Å². The fraction of sp³-hybridized carbons (Fsp3) is 0.636. The Hall–Kier alpha value is -1.51. The zero-order valence-electron chi connectivity index (χ0n) is 18.1. The van der Waals surface area contributed by atoms with Crippen LogP contribution in [0.15, 0.2) is 29.3 Å². The van der Waals surface area contributed by atoms with Crippen LogP contribution in [0, 0.1) is 5.41 Å². The number of hydrogen-bond acceptors (Lipinski definition) is 3. The largest absolute Gasteiger partial charge is 0.496 e. The van der Waals surface area contributed by atoms with Crippen LogP contribution in [0.25, 0.3) is 0 Å². The van der Waals surface area contributed by atoms with Crippen molar-refractivity contribution in [2.75, 3.05) is 41.3 Å². The molecule has 2 saturated carbocycles. The van der Waals surface area contributed by atoms with Gasteiger partial charge in [-0.15, -0.1) is 24.0 Å². The molecule has 162 valence electrons. The summed E-state index contributed by atoms with van der Waals surface area (Å²) in [6.45, 7) is 1.44. The van der Waals surface area contributed by atoms with Crippen LogP contribution in [0.5, 0.6) is 5.75 Å². The fourth-order valence-electron chi connectivity index (χ4n) is 4.49. The van der Waals surface area contributed by atoms with Gasteiger partial charge in [0.05, 0.1) is 12.5 Å². The highest BCUT2D eigenvalue weighted by Crippen LogP contribution is 2.50. The van der Waals surface area contributed by atoms with E-state index in [1.165, 1.54) is 5.56 Å². The second kappa shape index (κ2) is 10.00. The molecule has 0 aromatic heterocycles. The van der Waals surface area contributed by atoms with E-state index < -0.39 is 0 Å². The number of halogens is 1. The summed E-state index contributed by atoms with van der Waals surface area (Å²) in [7, 11) is 7.21. The second-order valence-electron chi connectivity index (χ2n) is 8.45. The number of carbonyl (C=O) groups is 1. The van der Waals surface area contributed by atoms with Crippen molar-refractivity contribution >= 4 is 35.8 Å². The molecule has 2 fully saturated rings. The van der Waals surface area contributed by atoms with Crippen molar-refractivity contribution in [2.45, 2.75) is 43.9 Å². The van der Waals surface area contributed by atoms with E-state index in [0.717, 1.165) is 56.8 Å². The van der Waals surface area contributed by atoms with Gasteiger partial charge in [0.15, 0.2) is 5.96 Å². The fourth-order valence-corrected chi connectivity index (χ4v) is 4.49. The predicted molar refractivity (Wildman–Crippen MR) is 128 cm³/mol. The zero-order chi connectivity index (χ0) is 20.2. The van der Waals surface area contributed by atoms with Crippen LogP contribution in [-0.2, 0) is 10.2 Å². The van der Waals surface area contributed by atoms with E-state index in [4.69, 9.17) is 4.74 Å². The third-order valence-electron chi connectivity index (χ3n) is 6.36. The van der Waals surface area contributed by atoms with Gasteiger partial charge in [0.25, 0.3) is 0 Å². The number of amides is 1. The van der Waals surface area contributed by atoms with Gasteiger partial charge in [0, 0.05) is 45.2 Å². The molecule has 0 heterocycles. The van der Waals surface area contributed by atoms with E-state index in [9.17, 15) is 4.79 Å². The van der Waals surface area contributed by atoms with Gasteiger partial charge in [-0.2, -0.15) is 0 Å². The van der Waals surface area contributed by atoms with Gasteiger partial charge in [-0.3, -0.25) is 9.79 Å². The summed E-state index contributed by atoms with van der Waals surface area (Å²) in [5, 5.41) is 6.92. The SMILES string of the molecule is CN=C(NCC1(C(=O)N(C)C)CCCC1)NCC1(c2ccccc2OC)CC1.I. The van der Waals surface area contributed by atoms with E-state index in [0.29, 0.717) is 6.54 Å². The first-order chi connectivity index (χ1) is 13.5. The summed E-state index contributed by atoms with van der Waals surface area (Å²) < 4.78 is 5.57. The highest BCUT2D eigenvalue weighted by Gasteiger charge is 2.46. The van der Waals surface area contributed by atoms with Crippen molar-refractivity contribution in [2.24, 2.45) is 10.4 Å². The van der Waals surface area contributed by atoms with Gasteiger partial charge in [-0.05, 0) is 31.7 Å². The van der Waals surface area contributed by atoms with Crippen molar-refractivity contribution in [3.05, 3.63) is 29.8 Å². The molecule has 7 heteroatoms. The van der Waals surface area contributed by atoms with Crippen LogP contribution < -0.4 is 15.4 Å². The van der Waals surface area contributed by atoms with E-state index in [2.05, 4.69) is 27.8 Å². The maximum absolute atomic E-state index is 12.8. The number of nitrogens with zero attached hydrogens (tertiary/aromatic N) is 2. The Labute approximate surface area is 191 Å². The lowest BCUT2D eigenvalue weighted by Crippen LogP contribution is -2.50. The van der Waals surface area contributed by atoms with E-state index in [-0.39, 0.29) is 40.7 Å². The monoisotopic (exact) mass is 514 g/mol. The average molecular weight is 514 g/mol. The molecule has 1 aromatic rings. The number of para-hydroxylation sites is 1. The molecule has 1 aromatic carbocycles. The number of rotatable bonds is 7. The molecule has 0 bridgehead atoms. The number of benzene rings is 1. The topological polar surface area (TPSA) is 66.0 Å². The van der Waals surface area contributed by atoms with E-state index >= 15 is 0 Å². The molecule has 29 heavy (non-hydrogen) atoms. The molecular formula is C22H35IN4O2. The summed E-state index contributed by atoms with van der Waals surface area (Å²) in [6.07, 6.45) is 6.40. The van der Waals surface area contributed by atoms with Gasteiger partial charge < -0.3 is 20.3 Å². The van der Waals surface area contributed by atoms with Crippen LogP contribution in [-0.4, -0.2) is 58.1 Å². The van der Waals surface area contributed by atoms with Crippen LogP contribution in [0.1, 0.15) is 44.1 Å². The molecule has 2 aliphatic rings. The third kappa shape index (κ3) is 5.16. The average Bonchev–Trinajstić information content (AvgIpc) is 3.35. The Morgan fingerprint density at radius 1 is 1.10 bits per heavy atom. The summed E-state index contributed by atoms with van der Waals surface area (Å²) in [5.41, 5.74) is 1.06. The molecular weight excluding hydrogens is 479 g/mol. The number of carbonyl (C=O) groups excluding carboxylic acids is 1. The summed E-state index contributed by atoms with van der Waals surface area (Å²) >= 11 is 0. The highest BCUT2D eigenvalue weighted by atomic mass is 127. The zero-order valence-corrected chi connectivity index (χ0v) is 20.4. The van der Waals surface area contributed by atoms with E-state index in [1.807, 2.05) is 26.2 Å². The van der Waals surface area contributed by atoms with Crippen LogP contribution in [0.4, 0.5) is 0 Å². The molecule has 0 aliphatic heterocycles. The number of ether oxygens (including phenoxy) is 1. The Balaban J connectivity index is 0.00000300. The minimum absolute atomic E-state index is 0. The van der Waals surface area contributed by atoms with E-state index in [1.54, 1.807) is 19.1 Å². The van der Waals surface area contributed by atoms with Crippen molar-refractivity contribution in [3.63, 3.8) is 0 Å². The second-order valence-corrected chi connectivity index (χ2v) is 8.45. The minimum Gasteiger partial charge on any atom is -0.496 e. The molecule has 2 N–H and O–H groups in total. The number of aliphatic imine (C=N–C) groups is 1. The first kappa shape index (κ1) is 23.8. The Bertz CT molecular complexity index is 725. The maximum Gasteiger partial charge on any atom is 0.230 e. The molecule has 0 saturated heterocycles. The smallest absolute Gasteiger partial charge is 0.230 e. The first-order valence-corrected chi connectivity index (χ1v) is 10.3. The molecule has 0 radical (unpaired) electrons. The highest BCUT2D eigenvalue weighted by molar-refractivity contribution is 14.0. The Kier molecular flexibility index (Phi) is 8.19. The number of hydrogen-bond donors (Lipinski definition) is 2. The van der Waals surface area contributed by atoms with Crippen molar-refractivity contribution in [1.29, 1.82) is 0 Å².